The van der Waals surface area contributed by atoms with Crippen LogP contribution in [0.1, 0.15) is 63.7 Å². The Bertz CT molecular complexity index is 1290. The Labute approximate surface area is 218 Å². The minimum Gasteiger partial charge on any atom is -0.507 e. The summed E-state index contributed by atoms with van der Waals surface area (Å²) in [6, 6.07) is 12.1. The molecule has 2 fully saturated rings. The molecule has 1 aromatic heterocycles. The molecule has 0 bridgehead atoms. The number of ether oxygens (including phenoxy) is 1. The summed E-state index contributed by atoms with van der Waals surface area (Å²) in [4.78, 5) is 30.8. The lowest BCUT2D eigenvalue weighted by Gasteiger charge is -2.28. The molecule has 37 heavy (non-hydrogen) atoms. The van der Waals surface area contributed by atoms with Gasteiger partial charge in [0.15, 0.2) is 5.78 Å². The average molecular weight is 504 g/mol. The minimum absolute atomic E-state index is 0.0156. The number of amides is 1. The van der Waals surface area contributed by atoms with E-state index >= 15 is 0 Å². The molecule has 0 spiro atoms. The van der Waals surface area contributed by atoms with E-state index in [-0.39, 0.29) is 17.4 Å². The van der Waals surface area contributed by atoms with Crippen LogP contribution in [-0.2, 0) is 24.2 Å². The Morgan fingerprint density at radius 3 is 2.38 bits per heavy atom. The van der Waals surface area contributed by atoms with Crippen molar-refractivity contribution in [2.75, 3.05) is 39.4 Å². The van der Waals surface area contributed by atoms with E-state index in [1.807, 2.05) is 30.0 Å². The second-order valence-electron chi connectivity index (χ2n) is 10.3. The van der Waals surface area contributed by atoms with Crippen LogP contribution in [-0.4, -0.2) is 70.6 Å². The summed E-state index contributed by atoms with van der Waals surface area (Å²) < 4.78 is 7.67. The summed E-state index contributed by atoms with van der Waals surface area (Å²) in [5, 5.41) is 12.2. The molecule has 2 aromatic carbocycles. The van der Waals surface area contributed by atoms with Gasteiger partial charge in [0.05, 0.1) is 29.9 Å². The minimum atomic E-state index is -0.172. The van der Waals surface area contributed by atoms with Crippen molar-refractivity contribution in [1.29, 1.82) is 0 Å². The summed E-state index contributed by atoms with van der Waals surface area (Å²) in [5.41, 5.74) is 4.60. The zero-order chi connectivity index (χ0) is 25.9. The molecular formula is C30H37N3O4. The lowest BCUT2D eigenvalue weighted by Crippen LogP contribution is -2.41. The molecule has 1 amide bonds. The molecule has 1 N–H and O–H groups in total. The van der Waals surface area contributed by atoms with E-state index in [4.69, 9.17) is 4.74 Å². The predicted octanol–water partition coefficient (Wildman–Crippen LogP) is 4.56. The number of phenolic OH excluding ortho intramolecular Hbond substituents is 1. The smallest absolute Gasteiger partial charge is 0.256 e. The first kappa shape index (κ1) is 25.5. The third kappa shape index (κ3) is 5.15. The first-order valence-electron chi connectivity index (χ1n) is 13.5. The Kier molecular flexibility index (Phi) is 7.63. The molecule has 0 saturated carbocycles. The molecule has 2 saturated heterocycles. The summed E-state index contributed by atoms with van der Waals surface area (Å²) in [5.74, 6) is -0.185. The van der Waals surface area contributed by atoms with Crippen LogP contribution in [0.2, 0.25) is 0 Å². The molecular weight excluding hydrogens is 466 g/mol. The standard InChI is InChI=1S/C30H37N3O4/c1-21-27(30(36)32-15-17-37-18-16-32)28-25(20-31-12-7-4-8-13-31)29(35)24(22(2)34)19-26(28)33(21)14-11-23-9-5-3-6-10-23/h3,5-6,9-10,19,35H,4,7-8,11-18,20H2,1-2H3. The molecule has 3 heterocycles. The fourth-order valence-electron chi connectivity index (χ4n) is 5.82. The SMILES string of the molecule is CC(=O)c1cc2c(c(CN3CCCCC3)c1O)c(C(=O)N1CCOCC1)c(C)n2CCc1ccccc1. The molecule has 2 aliphatic rings. The van der Waals surface area contributed by atoms with Gasteiger partial charge < -0.3 is 19.3 Å². The van der Waals surface area contributed by atoms with Crippen molar-refractivity contribution in [3.8, 4) is 5.75 Å². The second-order valence-corrected chi connectivity index (χ2v) is 10.3. The Morgan fingerprint density at radius 2 is 1.70 bits per heavy atom. The maximum Gasteiger partial charge on any atom is 0.256 e. The quantitative estimate of drug-likeness (QED) is 0.479. The highest BCUT2D eigenvalue weighted by atomic mass is 16.5. The molecule has 0 radical (unpaired) electrons. The summed E-state index contributed by atoms with van der Waals surface area (Å²) in [6.07, 6.45) is 4.25. The summed E-state index contributed by atoms with van der Waals surface area (Å²) in [7, 11) is 0. The maximum atomic E-state index is 14.0. The predicted molar refractivity (Wildman–Crippen MR) is 144 cm³/mol. The fraction of sp³-hybridized carbons (Fsp3) is 0.467. The van der Waals surface area contributed by atoms with E-state index in [2.05, 4.69) is 21.6 Å². The molecule has 0 aliphatic carbocycles. The highest BCUT2D eigenvalue weighted by molar-refractivity contribution is 6.12. The van der Waals surface area contributed by atoms with Gasteiger partial charge in [-0.3, -0.25) is 14.5 Å². The number of aromatic hydroxyl groups is 1. The first-order chi connectivity index (χ1) is 18.0. The highest BCUT2D eigenvalue weighted by Crippen LogP contribution is 2.39. The van der Waals surface area contributed by atoms with Crippen LogP contribution in [0.5, 0.6) is 5.75 Å². The first-order valence-corrected chi connectivity index (χ1v) is 13.5. The molecule has 0 unspecified atom stereocenters. The van der Waals surface area contributed by atoms with Gasteiger partial charge in [-0.15, -0.1) is 0 Å². The Balaban J connectivity index is 1.68. The van der Waals surface area contributed by atoms with E-state index < -0.39 is 0 Å². The third-order valence-electron chi connectivity index (χ3n) is 7.88. The van der Waals surface area contributed by atoms with E-state index in [1.165, 1.54) is 18.9 Å². The summed E-state index contributed by atoms with van der Waals surface area (Å²) in [6.45, 7) is 8.74. The van der Waals surface area contributed by atoms with Crippen molar-refractivity contribution in [2.24, 2.45) is 0 Å². The van der Waals surface area contributed by atoms with Crippen molar-refractivity contribution in [3.05, 3.63) is 64.3 Å². The van der Waals surface area contributed by atoms with Gasteiger partial charge in [0.25, 0.3) is 5.91 Å². The van der Waals surface area contributed by atoms with Gasteiger partial charge in [0.1, 0.15) is 5.75 Å². The highest BCUT2D eigenvalue weighted by Gasteiger charge is 2.30. The van der Waals surface area contributed by atoms with E-state index in [0.29, 0.717) is 56.1 Å². The van der Waals surface area contributed by atoms with Crippen LogP contribution in [0.4, 0.5) is 0 Å². The van der Waals surface area contributed by atoms with Crippen molar-refractivity contribution < 1.29 is 19.4 Å². The summed E-state index contributed by atoms with van der Waals surface area (Å²) >= 11 is 0. The number of aryl methyl sites for hydroxylation is 2. The van der Waals surface area contributed by atoms with Gasteiger partial charge in [-0.05, 0) is 57.8 Å². The van der Waals surface area contributed by atoms with E-state index in [1.54, 1.807) is 6.07 Å². The number of morpholine rings is 1. The number of likely N-dealkylation sites (tertiary alicyclic amines) is 1. The Morgan fingerprint density at radius 1 is 1.00 bits per heavy atom. The molecule has 5 rings (SSSR count). The average Bonchev–Trinajstić information content (AvgIpc) is 3.20. The number of ketones is 1. The number of phenols is 1. The van der Waals surface area contributed by atoms with Gasteiger partial charge >= 0.3 is 0 Å². The number of nitrogens with zero attached hydrogens (tertiary/aromatic N) is 3. The molecule has 3 aromatic rings. The van der Waals surface area contributed by atoms with Crippen molar-refractivity contribution in [2.45, 2.75) is 52.6 Å². The van der Waals surface area contributed by atoms with Crippen molar-refractivity contribution >= 4 is 22.6 Å². The zero-order valence-corrected chi connectivity index (χ0v) is 22.0. The lowest BCUT2D eigenvalue weighted by molar-refractivity contribution is 0.0303. The number of benzene rings is 2. The number of carbonyl (C=O) groups is 2. The van der Waals surface area contributed by atoms with Crippen LogP contribution in [0.15, 0.2) is 36.4 Å². The van der Waals surface area contributed by atoms with Gasteiger partial charge in [-0.2, -0.15) is 0 Å². The van der Waals surface area contributed by atoms with Crippen molar-refractivity contribution in [1.82, 2.24) is 14.4 Å². The number of Topliss-reactive ketones (excluding diaryl/α,β-unsaturated/α-hetero) is 1. The number of hydrogen-bond acceptors (Lipinski definition) is 5. The van der Waals surface area contributed by atoms with Gasteiger partial charge in [0, 0.05) is 42.8 Å². The number of hydrogen-bond donors (Lipinski definition) is 1. The second kappa shape index (κ2) is 11.1. The molecule has 7 nitrogen and oxygen atoms in total. The van der Waals surface area contributed by atoms with Gasteiger partial charge in [-0.1, -0.05) is 36.8 Å². The van der Waals surface area contributed by atoms with Crippen molar-refractivity contribution in [3.63, 3.8) is 0 Å². The lowest BCUT2D eigenvalue weighted by atomic mass is 9.96. The number of fused-ring (bicyclic) bond motifs is 1. The molecule has 0 atom stereocenters. The third-order valence-corrected chi connectivity index (χ3v) is 7.88. The number of aromatic nitrogens is 1. The van der Waals surface area contributed by atoms with E-state index in [9.17, 15) is 14.7 Å². The molecule has 7 heteroatoms. The van der Waals surface area contributed by atoms with Crippen LogP contribution < -0.4 is 0 Å². The molecule has 196 valence electrons. The van der Waals surface area contributed by atoms with Crippen LogP contribution in [0.3, 0.4) is 0 Å². The van der Waals surface area contributed by atoms with Crippen LogP contribution >= 0.6 is 0 Å². The Hall–Kier alpha value is -3.16. The largest absolute Gasteiger partial charge is 0.507 e. The van der Waals surface area contributed by atoms with Gasteiger partial charge in [-0.25, -0.2) is 0 Å². The number of piperidine rings is 1. The number of rotatable bonds is 7. The van der Waals surface area contributed by atoms with Crippen LogP contribution in [0.25, 0.3) is 10.9 Å². The normalized spacial score (nSPS) is 16.9. The number of carbonyl (C=O) groups excluding carboxylic acids is 2. The topological polar surface area (TPSA) is 75.0 Å². The van der Waals surface area contributed by atoms with E-state index in [0.717, 1.165) is 48.9 Å². The van der Waals surface area contributed by atoms with Gasteiger partial charge in [0.2, 0.25) is 0 Å². The molecule has 2 aliphatic heterocycles. The fourth-order valence-corrected chi connectivity index (χ4v) is 5.82. The zero-order valence-electron chi connectivity index (χ0n) is 22.0. The van der Waals surface area contributed by atoms with Crippen LogP contribution in [0, 0.1) is 6.92 Å². The monoisotopic (exact) mass is 503 g/mol. The maximum absolute atomic E-state index is 14.0.